The summed E-state index contributed by atoms with van der Waals surface area (Å²) in [7, 11) is 0. The molecule has 1 atom stereocenters. The van der Waals surface area contributed by atoms with Gasteiger partial charge >= 0.3 is 0 Å². The van der Waals surface area contributed by atoms with Gasteiger partial charge in [-0.2, -0.15) is 0 Å². The predicted octanol–water partition coefficient (Wildman–Crippen LogP) is 2.70. The number of rotatable bonds is 3. The maximum absolute atomic E-state index is 12.4. The molecule has 0 aromatic carbocycles. The van der Waals surface area contributed by atoms with Crippen LogP contribution in [0.15, 0.2) is 0 Å². The van der Waals surface area contributed by atoms with Crippen LogP contribution in [-0.2, 0) is 9.53 Å². The van der Waals surface area contributed by atoms with Gasteiger partial charge in [-0.05, 0) is 31.1 Å². The molecule has 2 aliphatic rings. The first-order valence-corrected chi connectivity index (χ1v) is 8.58. The molecular formula is C17H32N2O2. The lowest BCUT2D eigenvalue weighted by Crippen LogP contribution is -2.53. The second-order valence-corrected chi connectivity index (χ2v) is 7.76. The fourth-order valence-corrected chi connectivity index (χ4v) is 3.25. The smallest absolute Gasteiger partial charge is 0.240 e. The van der Waals surface area contributed by atoms with Crippen LogP contribution in [0.3, 0.4) is 0 Å². The molecule has 0 spiro atoms. The van der Waals surface area contributed by atoms with Crippen LogP contribution in [0, 0.1) is 5.41 Å². The average molecular weight is 296 g/mol. The third-order valence-corrected chi connectivity index (χ3v) is 4.89. The molecule has 4 nitrogen and oxygen atoms in total. The monoisotopic (exact) mass is 296 g/mol. The van der Waals surface area contributed by atoms with Gasteiger partial charge in [0.15, 0.2) is 0 Å². The minimum Gasteiger partial charge on any atom is -0.375 e. The molecule has 0 aromatic rings. The summed E-state index contributed by atoms with van der Waals surface area (Å²) >= 11 is 0. The number of hydrogen-bond acceptors (Lipinski definition) is 3. The van der Waals surface area contributed by atoms with Crippen LogP contribution in [0.5, 0.6) is 0 Å². The number of carbonyl (C=O) groups is 1. The molecule has 0 unspecified atom stereocenters. The topological polar surface area (TPSA) is 55.6 Å². The summed E-state index contributed by atoms with van der Waals surface area (Å²) in [4.78, 5) is 14.3. The quantitative estimate of drug-likeness (QED) is 0.871. The van der Waals surface area contributed by atoms with Crippen molar-refractivity contribution in [3.8, 4) is 0 Å². The van der Waals surface area contributed by atoms with E-state index in [4.69, 9.17) is 10.5 Å². The Balaban J connectivity index is 1.76. The van der Waals surface area contributed by atoms with E-state index in [0.717, 1.165) is 25.9 Å². The maximum Gasteiger partial charge on any atom is 0.240 e. The Bertz CT molecular complexity index is 337. The van der Waals surface area contributed by atoms with E-state index in [1.165, 1.54) is 32.1 Å². The van der Waals surface area contributed by atoms with Crippen molar-refractivity contribution < 1.29 is 9.53 Å². The first-order valence-electron chi connectivity index (χ1n) is 8.58. The third kappa shape index (κ3) is 4.68. The van der Waals surface area contributed by atoms with E-state index in [0.29, 0.717) is 12.2 Å². The molecule has 1 saturated heterocycles. The number of amides is 1. The van der Waals surface area contributed by atoms with Crippen LogP contribution < -0.4 is 5.73 Å². The highest BCUT2D eigenvalue weighted by molar-refractivity contribution is 5.82. The number of ether oxygens (including phenoxy) is 1. The van der Waals surface area contributed by atoms with Crippen molar-refractivity contribution in [3.63, 3.8) is 0 Å². The molecule has 0 radical (unpaired) electrons. The third-order valence-electron chi connectivity index (χ3n) is 4.89. The molecule has 2 rings (SSSR count). The van der Waals surface area contributed by atoms with Crippen LogP contribution in [0.2, 0.25) is 0 Å². The first kappa shape index (κ1) is 16.8. The van der Waals surface area contributed by atoms with E-state index in [2.05, 4.69) is 0 Å². The van der Waals surface area contributed by atoms with Gasteiger partial charge in [0.1, 0.15) is 0 Å². The van der Waals surface area contributed by atoms with Gasteiger partial charge in [0.2, 0.25) is 5.91 Å². The van der Waals surface area contributed by atoms with Gasteiger partial charge in [-0.3, -0.25) is 4.79 Å². The largest absolute Gasteiger partial charge is 0.375 e. The zero-order chi connectivity index (χ0) is 15.5. The molecule has 0 bridgehead atoms. The minimum atomic E-state index is -0.409. The Kier molecular flexibility index (Phi) is 5.67. The summed E-state index contributed by atoms with van der Waals surface area (Å²) in [6, 6.07) is -0.409. The van der Waals surface area contributed by atoms with E-state index in [9.17, 15) is 4.79 Å². The zero-order valence-corrected chi connectivity index (χ0v) is 13.9. The van der Waals surface area contributed by atoms with Gasteiger partial charge in [-0.25, -0.2) is 0 Å². The maximum atomic E-state index is 12.4. The van der Waals surface area contributed by atoms with E-state index in [-0.39, 0.29) is 11.3 Å². The Morgan fingerprint density at radius 1 is 1.05 bits per heavy atom. The van der Waals surface area contributed by atoms with Crippen LogP contribution in [-0.4, -0.2) is 42.1 Å². The van der Waals surface area contributed by atoms with Crippen molar-refractivity contribution in [3.05, 3.63) is 0 Å². The Hall–Kier alpha value is -0.610. The summed E-state index contributed by atoms with van der Waals surface area (Å²) in [5, 5.41) is 0. The van der Waals surface area contributed by atoms with Crippen molar-refractivity contribution in [1.82, 2.24) is 4.90 Å². The van der Waals surface area contributed by atoms with Crippen LogP contribution in [0.4, 0.5) is 0 Å². The van der Waals surface area contributed by atoms with Gasteiger partial charge < -0.3 is 15.4 Å². The second-order valence-electron chi connectivity index (χ2n) is 7.76. The Labute approximate surface area is 129 Å². The highest BCUT2D eigenvalue weighted by Gasteiger charge is 2.33. The normalized spacial score (nSPS) is 24.1. The van der Waals surface area contributed by atoms with Gasteiger partial charge in [-0.1, -0.05) is 40.0 Å². The number of carbonyl (C=O) groups excluding carboxylic acids is 1. The lowest BCUT2D eigenvalue weighted by atomic mass is 9.86. The summed E-state index contributed by atoms with van der Waals surface area (Å²) < 4.78 is 6.22. The average Bonchev–Trinajstić information content (AvgIpc) is 2.46. The molecule has 1 aliphatic heterocycles. The van der Waals surface area contributed by atoms with Crippen LogP contribution >= 0.6 is 0 Å². The fraction of sp³-hybridized carbons (Fsp3) is 0.941. The molecule has 122 valence electrons. The lowest BCUT2D eigenvalue weighted by molar-refractivity contribution is -0.138. The molecule has 2 N–H and O–H groups in total. The van der Waals surface area contributed by atoms with Crippen molar-refractivity contribution in [2.75, 3.05) is 13.1 Å². The van der Waals surface area contributed by atoms with Gasteiger partial charge in [0.05, 0.1) is 18.2 Å². The van der Waals surface area contributed by atoms with Crippen molar-refractivity contribution in [2.24, 2.45) is 11.1 Å². The molecule has 1 heterocycles. The number of nitrogens with two attached hydrogens (primary N) is 1. The fourth-order valence-electron chi connectivity index (χ4n) is 3.25. The number of piperidine rings is 1. The minimum absolute atomic E-state index is 0.0959. The van der Waals surface area contributed by atoms with Crippen LogP contribution in [0.25, 0.3) is 0 Å². The SMILES string of the molecule is CC(C)(C)[C@H](N)C(=O)N1CCC(OC2CCCCC2)CC1. The predicted molar refractivity (Wildman–Crippen MR) is 85.0 cm³/mol. The summed E-state index contributed by atoms with van der Waals surface area (Å²) in [6.07, 6.45) is 9.12. The van der Waals surface area contributed by atoms with E-state index in [1.807, 2.05) is 25.7 Å². The molecule has 4 heteroatoms. The van der Waals surface area contributed by atoms with Gasteiger partial charge in [0.25, 0.3) is 0 Å². The second kappa shape index (κ2) is 7.10. The van der Waals surface area contributed by atoms with E-state index in [1.54, 1.807) is 0 Å². The van der Waals surface area contributed by atoms with E-state index >= 15 is 0 Å². The van der Waals surface area contributed by atoms with Crippen molar-refractivity contribution in [2.45, 2.75) is 84.0 Å². The number of hydrogen-bond donors (Lipinski definition) is 1. The summed E-state index contributed by atoms with van der Waals surface area (Å²) in [5.74, 6) is 0.0959. The van der Waals surface area contributed by atoms with E-state index < -0.39 is 6.04 Å². The van der Waals surface area contributed by atoms with Crippen molar-refractivity contribution in [1.29, 1.82) is 0 Å². The molecule has 1 amide bonds. The molecular weight excluding hydrogens is 264 g/mol. The first-order chi connectivity index (χ1) is 9.88. The Morgan fingerprint density at radius 3 is 2.10 bits per heavy atom. The zero-order valence-electron chi connectivity index (χ0n) is 13.9. The number of nitrogens with zero attached hydrogens (tertiary/aromatic N) is 1. The number of likely N-dealkylation sites (tertiary alicyclic amines) is 1. The molecule has 2 fully saturated rings. The molecule has 1 aliphatic carbocycles. The lowest BCUT2D eigenvalue weighted by Gasteiger charge is -2.37. The molecule has 0 aromatic heterocycles. The Morgan fingerprint density at radius 2 is 1.57 bits per heavy atom. The highest BCUT2D eigenvalue weighted by atomic mass is 16.5. The van der Waals surface area contributed by atoms with Crippen molar-refractivity contribution >= 4 is 5.91 Å². The molecule has 21 heavy (non-hydrogen) atoms. The van der Waals surface area contributed by atoms with Crippen LogP contribution in [0.1, 0.15) is 65.7 Å². The van der Waals surface area contributed by atoms with Gasteiger partial charge in [-0.15, -0.1) is 0 Å². The molecule has 1 saturated carbocycles. The standard InChI is InChI=1S/C17H32N2O2/c1-17(2,3)15(18)16(20)19-11-9-14(10-12-19)21-13-7-5-4-6-8-13/h13-15H,4-12,18H2,1-3H3/t15-/m1/s1. The highest BCUT2D eigenvalue weighted by Crippen LogP contribution is 2.26. The summed E-state index contributed by atoms with van der Waals surface area (Å²) in [5.41, 5.74) is 5.91. The van der Waals surface area contributed by atoms with Gasteiger partial charge in [0, 0.05) is 13.1 Å². The summed E-state index contributed by atoms with van der Waals surface area (Å²) in [6.45, 7) is 7.65.